The predicted octanol–water partition coefficient (Wildman–Crippen LogP) is 3.79. The van der Waals surface area contributed by atoms with Crippen LogP contribution in [-0.4, -0.2) is 50.3 Å². The highest BCUT2D eigenvalue weighted by Crippen LogP contribution is 2.40. The number of benzene rings is 1. The Morgan fingerprint density at radius 1 is 1.27 bits per heavy atom. The lowest BCUT2D eigenvalue weighted by Crippen LogP contribution is -2.31. The molecule has 0 saturated carbocycles. The van der Waals surface area contributed by atoms with Gasteiger partial charge in [0.1, 0.15) is 19.4 Å². The van der Waals surface area contributed by atoms with Crippen LogP contribution >= 0.6 is 0 Å². The number of aryl methyl sites for hydroxylation is 2. The Hall–Kier alpha value is -4.22. The van der Waals surface area contributed by atoms with Crippen molar-refractivity contribution in [3.8, 4) is 28.3 Å². The van der Waals surface area contributed by atoms with Crippen molar-refractivity contribution in [3.63, 3.8) is 0 Å². The minimum atomic E-state index is -1.55. The summed E-state index contributed by atoms with van der Waals surface area (Å²) in [7, 11) is 8.42. The molecule has 1 N–H and O–H groups in total. The zero-order chi connectivity index (χ0) is 26.3. The van der Waals surface area contributed by atoms with Crippen LogP contribution in [0.25, 0.3) is 22.5 Å². The molecule has 37 heavy (non-hydrogen) atoms. The van der Waals surface area contributed by atoms with E-state index in [4.69, 9.17) is 17.3 Å². The van der Waals surface area contributed by atoms with Gasteiger partial charge >= 0.3 is 6.09 Å². The first-order valence-electron chi connectivity index (χ1n) is 11.9. The summed E-state index contributed by atoms with van der Waals surface area (Å²) >= 11 is 0. The third-order valence-corrected chi connectivity index (χ3v) is 6.07. The molecule has 1 aliphatic heterocycles. The highest BCUT2D eigenvalue weighted by atomic mass is 19.1. The van der Waals surface area contributed by atoms with E-state index >= 15 is 0 Å². The van der Waals surface area contributed by atoms with Crippen LogP contribution in [0.5, 0.6) is 5.75 Å². The number of carbonyl (C=O) groups excluding carboxylic acids is 1. The lowest BCUT2D eigenvalue weighted by Gasteiger charge is -2.31. The summed E-state index contributed by atoms with van der Waals surface area (Å²) in [5.74, 6) is -0.196. The normalized spacial score (nSPS) is 16.4. The van der Waals surface area contributed by atoms with Gasteiger partial charge < -0.3 is 9.47 Å². The first kappa shape index (κ1) is 24.5. The van der Waals surface area contributed by atoms with E-state index in [2.05, 4.69) is 25.6 Å². The van der Waals surface area contributed by atoms with E-state index in [1.807, 2.05) is 11.6 Å². The number of ether oxygens (including phenoxy) is 2. The largest absolute Gasteiger partial charge is 0.489 e. The number of halogens is 1. The molecule has 1 aliphatic rings. The van der Waals surface area contributed by atoms with Gasteiger partial charge in [0.15, 0.2) is 11.6 Å². The van der Waals surface area contributed by atoms with Gasteiger partial charge in [-0.15, -0.1) is 0 Å². The van der Waals surface area contributed by atoms with Crippen molar-refractivity contribution in [1.82, 2.24) is 29.8 Å². The first-order valence-corrected chi connectivity index (χ1v) is 11.9. The molecular weight excluding hydrogens is 476 g/mol. The Bertz CT molecular complexity index is 1500. The highest BCUT2D eigenvalue weighted by molar-refractivity contribution is 6.15. The Balaban J connectivity index is 1.78. The number of nitrogens with zero attached hydrogens (tertiary/aromatic N) is 6. The number of amides is 1. The van der Waals surface area contributed by atoms with Crippen LogP contribution in [0.15, 0.2) is 36.7 Å². The number of nitrogens with one attached hydrogen (secondary N) is 1. The molecule has 0 unspecified atom stereocenters. The van der Waals surface area contributed by atoms with Crippen LogP contribution in [0, 0.1) is 5.82 Å². The quantitative estimate of drug-likeness (QED) is 0.426. The molecule has 5 rings (SSSR count). The summed E-state index contributed by atoms with van der Waals surface area (Å²) in [6.07, 6.45) is 3.12. The van der Waals surface area contributed by atoms with E-state index in [9.17, 15) is 9.18 Å². The van der Waals surface area contributed by atoms with Gasteiger partial charge in [-0.1, -0.05) is 0 Å². The number of hydrogen-bond acceptors (Lipinski definition) is 7. The Morgan fingerprint density at radius 2 is 2.08 bits per heavy atom. The number of carbonyl (C=O) groups is 1. The maximum absolute atomic E-state index is 14.5. The average Bonchev–Trinajstić information content (AvgIpc) is 3.42. The summed E-state index contributed by atoms with van der Waals surface area (Å²) in [6, 6.07) is 6.00. The molecule has 10 nitrogen and oxygen atoms in total. The molecule has 4 aromatic rings. The van der Waals surface area contributed by atoms with E-state index in [1.54, 1.807) is 45.4 Å². The molecule has 0 aliphatic carbocycles. The molecule has 2 radical (unpaired) electrons. The van der Waals surface area contributed by atoms with Crippen LogP contribution in [0.1, 0.15) is 37.6 Å². The van der Waals surface area contributed by atoms with Crippen LogP contribution in [0.2, 0.25) is 0 Å². The Labute approximate surface area is 214 Å². The Kier molecular flexibility index (Phi) is 6.18. The molecule has 188 valence electrons. The van der Waals surface area contributed by atoms with E-state index in [1.165, 1.54) is 16.9 Å². The molecule has 4 heterocycles. The van der Waals surface area contributed by atoms with Crippen molar-refractivity contribution in [1.29, 1.82) is 0 Å². The maximum atomic E-state index is 14.5. The van der Waals surface area contributed by atoms with Crippen molar-refractivity contribution in [2.45, 2.75) is 39.2 Å². The summed E-state index contributed by atoms with van der Waals surface area (Å²) in [6.45, 7) is 6.08. The smallest absolute Gasteiger partial charge is 0.412 e. The fraction of sp³-hybridized carbons (Fsp3) is 0.320. The second-order valence-corrected chi connectivity index (χ2v) is 8.81. The van der Waals surface area contributed by atoms with Crippen molar-refractivity contribution in [2.75, 3.05) is 11.9 Å². The topological polar surface area (TPSA) is 109 Å². The van der Waals surface area contributed by atoms with Crippen LogP contribution in [0.4, 0.5) is 15.0 Å². The molecule has 0 spiro atoms. The second kappa shape index (κ2) is 9.34. The van der Waals surface area contributed by atoms with E-state index in [0.29, 0.717) is 41.0 Å². The highest BCUT2D eigenvalue weighted by Gasteiger charge is 2.31. The van der Waals surface area contributed by atoms with Gasteiger partial charge in [0, 0.05) is 42.9 Å². The van der Waals surface area contributed by atoms with E-state index in [-0.39, 0.29) is 18.2 Å². The number of anilines is 1. The van der Waals surface area contributed by atoms with Gasteiger partial charge in [-0.25, -0.2) is 14.2 Å². The maximum Gasteiger partial charge on any atom is 0.412 e. The van der Waals surface area contributed by atoms with Crippen LogP contribution in [0.3, 0.4) is 0 Å². The number of pyridine rings is 1. The fourth-order valence-corrected chi connectivity index (χ4v) is 4.51. The van der Waals surface area contributed by atoms with Gasteiger partial charge in [0.25, 0.3) is 0 Å². The van der Waals surface area contributed by atoms with Crippen LogP contribution < -0.4 is 10.1 Å². The molecule has 1 amide bonds. The molecule has 12 heteroatoms. The SMILES string of the molecule is [B][C@]1(C)Oc2cc(cnc2NC(=O)OCC)-c2c(cnn2CC)Cc2nn(C)nc2-c2ccc(F)cc21. The zero-order valence-electron chi connectivity index (χ0n) is 20.9. The minimum absolute atomic E-state index is 0.109. The predicted molar refractivity (Wildman–Crippen MR) is 135 cm³/mol. The summed E-state index contributed by atoms with van der Waals surface area (Å²) in [4.78, 5) is 18.1. The van der Waals surface area contributed by atoms with Gasteiger partial charge in [-0.2, -0.15) is 20.1 Å². The van der Waals surface area contributed by atoms with Gasteiger partial charge in [-0.05, 0) is 50.6 Å². The molecule has 3 aromatic heterocycles. The lowest BCUT2D eigenvalue weighted by atomic mass is 9.74. The molecule has 0 fully saturated rings. The monoisotopic (exact) mass is 501 g/mol. The van der Waals surface area contributed by atoms with Gasteiger partial charge in [0.2, 0.25) is 0 Å². The number of fused-ring (bicyclic) bond motifs is 7. The third-order valence-electron chi connectivity index (χ3n) is 6.07. The molecular formula is C25H25BFN7O3. The zero-order valence-corrected chi connectivity index (χ0v) is 20.9. The van der Waals surface area contributed by atoms with Gasteiger partial charge in [0.05, 0.1) is 29.7 Å². The molecule has 2 bridgehead atoms. The van der Waals surface area contributed by atoms with E-state index in [0.717, 1.165) is 11.3 Å². The molecule has 1 atom stereocenters. The standard InChI is InChI=1S/C25H25BFN7O3/c1-5-34-22-14(13-29-34)9-19-21(32-33(4)31-19)17-8-7-16(27)11-18(17)25(3,26)37-20-10-15(22)12-28-23(20)30-24(35)36-6-2/h7-8,10-13H,5-6,9H2,1-4H3,(H,28,30,35)/t25-/m1/s1. The summed E-state index contributed by atoms with van der Waals surface area (Å²) in [5.41, 5.74) is 3.01. The molecule has 1 aromatic carbocycles. The summed E-state index contributed by atoms with van der Waals surface area (Å²) < 4.78 is 27.7. The number of hydrogen-bond donors (Lipinski definition) is 1. The Morgan fingerprint density at radius 3 is 2.84 bits per heavy atom. The number of aromatic nitrogens is 6. The van der Waals surface area contributed by atoms with Crippen molar-refractivity contribution in [2.24, 2.45) is 7.05 Å². The van der Waals surface area contributed by atoms with Crippen molar-refractivity contribution < 1.29 is 18.7 Å². The average molecular weight is 501 g/mol. The minimum Gasteiger partial charge on any atom is -0.489 e. The summed E-state index contributed by atoms with van der Waals surface area (Å²) in [5, 5.41) is 16.3. The first-order chi connectivity index (χ1) is 17.7. The van der Waals surface area contributed by atoms with Crippen molar-refractivity contribution in [3.05, 3.63) is 59.3 Å². The number of rotatable bonds is 3. The second-order valence-electron chi connectivity index (χ2n) is 8.81. The van der Waals surface area contributed by atoms with Gasteiger partial charge in [-0.3, -0.25) is 10.00 Å². The third kappa shape index (κ3) is 4.54. The molecule has 0 saturated heterocycles. The van der Waals surface area contributed by atoms with E-state index < -0.39 is 17.4 Å². The van der Waals surface area contributed by atoms with Crippen LogP contribution in [-0.2, 0) is 30.3 Å². The fourth-order valence-electron chi connectivity index (χ4n) is 4.51. The van der Waals surface area contributed by atoms with Crippen molar-refractivity contribution >= 4 is 19.8 Å². The lowest BCUT2D eigenvalue weighted by molar-refractivity contribution is 0.165.